The Balaban J connectivity index is 2.49. The fourth-order valence-corrected chi connectivity index (χ4v) is 5.46. The van der Waals surface area contributed by atoms with Gasteiger partial charge in [-0.05, 0) is 50.9 Å². The first-order valence-corrected chi connectivity index (χ1v) is 8.55. The molecule has 0 atom stereocenters. The van der Waals surface area contributed by atoms with E-state index in [0.717, 1.165) is 0 Å². The second-order valence-corrected chi connectivity index (χ2v) is 7.55. The van der Waals surface area contributed by atoms with Crippen LogP contribution in [0, 0.1) is 6.92 Å². The van der Waals surface area contributed by atoms with Crippen LogP contribution in [0.2, 0.25) is 0 Å². The highest BCUT2D eigenvalue weighted by Gasteiger charge is 2.23. The minimum absolute atomic E-state index is 0.0925. The summed E-state index contributed by atoms with van der Waals surface area (Å²) >= 11 is 6.44. The van der Waals surface area contributed by atoms with Crippen LogP contribution >= 0.6 is 31.9 Å². The first-order chi connectivity index (χ1) is 9.20. The minimum Gasteiger partial charge on any atom is -0.399 e. The zero-order valence-electron chi connectivity index (χ0n) is 10.7. The van der Waals surface area contributed by atoms with E-state index >= 15 is 0 Å². The van der Waals surface area contributed by atoms with Gasteiger partial charge < -0.3 is 5.73 Å². The molecule has 0 amide bonds. The van der Waals surface area contributed by atoms with E-state index in [-0.39, 0.29) is 4.90 Å². The lowest BCUT2D eigenvalue weighted by Crippen LogP contribution is -2.14. The largest absolute Gasteiger partial charge is 0.399 e. The third-order valence-electron chi connectivity index (χ3n) is 2.55. The highest BCUT2D eigenvalue weighted by atomic mass is 79.9. The van der Waals surface area contributed by atoms with E-state index in [9.17, 15) is 8.42 Å². The van der Waals surface area contributed by atoms with Gasteiger partial charge in [0.2, 0.25) is 0 Å². The fourth-order valence-electron chi connectivity index (χ4n) is 1.73. The number of hydrogen-bond donors (Lipinski definition) is 2. The number of anilines is 2. The Morgan fingerprint density at radius 3 is 2.30 bits per heavy atom. The molecule has 0 bridgehead atoms. The lowest BCUT2D eigenvalue weighted by molar-refractivity contribution is 0.600. The summed E-state index contributed by atoms with van der Waals surface area (Å²) in [7, 11) is -2.03. The number of nitrogens with one attached hydrogen (secondary N) is 1. The number of hydrogen-bond acceptors (Lipinski definition) is 4. The predicted octanol–water partition coefficient (Wildman–Crippen LogP) is 2.64. The standard InChI is InChI=1S/C11H12Br2N4O2S/c1-6-10(5-17(2)15-6)16-20(18,19)11-8(12)3-7(14)4-9(11)13/h3-5,16H,14H2,1-2H3. The monoisotopic (exact) mass is 422 g/mol. The first kappa shape index (κ1) is 15.3. The Morgan fingerprint density at radius 2 is 1.85 bits per heavy atom. The number of benzene rings is 1. The Hall–Kier alpha value is -1.06. The Kier molecular flexibility index (Phi) is 4.12. The smallest absolute Gasteiger partial charge is 0.264 e. The summed E-state index contributed by atoms with van der Waals surface area (Å²) < 4.78 is 29.8. The van der Waals surface area contributed by atoms with Crippen LogP contribution in [0.1, 0.15) is 5.69 Å². The lowest BCUT2D eigenvalue weighted by Gasteiger charge is -2.11. The molecule has 9 heteroatoms. The van der Waals surface area contributed by atoms with Crippen LogP contribution in [0.25, 0.3) is 0 Å². The van der Waals surface area contributed by atoms with Gasteiger partial charge in [-0.15, -0.1) is 0 Å². The summed E-state index contributed by atoms with van der Waals surface area (Å²) in [4.78, 5) is 0.0925. The average Bonchev–Trinajstić information content (AvgIpc) is 2.53. The first-order valence-electron chi connectivity index (χ1n) is 5.48. The summed E-state index contributed by atoms with van der Waals surface area (Å²) in [6.45, 7) is 1.73. The molecule has 0 radical (unpaired) electrons. The van der Waals surface area contributed by atoms with Crippen molar-refractivity contribution in [3.05, 3.63) is 33.0 Å². The van der Waals surface area contributed by atoms with E-state index < -0.39 is 10.0 Å². The molecule has 0 saturated carbocycles. The van der Waals surface area contributed by atoms with E-state index in [1.807, 2.05) is 0 Å². The van der Waals surface area contributed by atoms with Crippen LogP contribution < -0.4 is 10.5 Å². The van der Waals surface area contributed by atoms with Crippen molar-refractivity contribution in [2.75, 3.05) is 10.5 Å². The van der Waals surface area contributed by atoms with Gasteiger partial charge in [-0.3, -0.25) is 9.40 Å². The molecule has 1 aromatic carbocycles. The van der Waals surface area contributed by atoms with Crippen LogP contribution in [0.3, 0.4) is 0 Å². The molecular weight excluding hydrogens is 412 g/mol. The third-order valence-corrected chi connectivity index (χ3v) is 5.79. The van der Waals surface area contributed by atoms with Crippen molar-refractivity contribution in [1.82, 2.24) is 9.78 Å². The maximum absolute atomic E-state index is 12.5. The molecule has 20 heavy (non-hydrogen) atoms. The third kappa shape index (κ3) is 2.99. The topological polar surface area (TPSA) is 90.0 Å². The summed E-state index contributed by atoms with van der Waals surface area (Å²) in [5.41, 5.74) is 7.15. The number of nitrogen functional groups attached to an aromatic ring is 1. The van der Waals surface area contributed by atoms with Crippen LogP contribution in [-0.4, -0.2) is 18.2 Å². The van der Waals surface area contributed by atoms with Crippen molar-refractivity contribution >= 4 is 53.3 Å². The number of aromatic nitrogens is 2. The summed E-state index contributed by atoms with van der Waals surface area (Å²) in [5, 5.41) is 4.09. The zero-order chi connectivity index (χ0) is 15.1. The second-order valence-electron chi connectivity index (χ2n) is 4.22. The van der Waals surface area contributed by atoms with Crippen molar-refractivity contribution in [1.29, 1.82) is 0 Å². The number of aryl methyl sites for hydroxylation is 2. The molecule has 0 aliphatic heterocycles. The van der Waals surface area contributed by atoms with E-state index in [0.29, 0.717) is 26.0 Å². The van der Waals surface area contributed by atoms with Gasteiger partial charge in [-0.1, -0.05) is 0 Å². The lowest BCUT2D eigenvalue weighted by atomic mass is 10.3. The van der Waals surface area contributed by atoms with Crippen LogP contribution in [0.4, 0.5) is 11.4 Å². The van der Waals surface area contributed by atoms with E-state index in [1.54, 1.807) is 24.9 Å². The van der Waals surface area contributed by atoms with Gasteiger partial charge in [-0.2, -0.15) is 5.10 Å². The predicted molar refractivity (Wildman–Crippen MR) is 85.0 cm³/mol. The van der Waals surface area contributed by atoms with Crippen LogP contribution in [0.15, 0.2) is 32.2 Å². The van der Waals surface area contributed by atoms with Crippen molar-refractivity contribution in [2.45, 2.75) is 11.8 Å². The molecule has 0 saturated heterocycles. The Morgan fingerprint density at radius 1 is 1.30 bits per heavy atom. The Labute approximate surface area is 133 Å². The minimum atomic E-state index is -3.75. The van der Waals surface area contributed by atoms with Gasteiger partial charge in [0.25, 0.3) is 10.0 Å². The number of nitrogens with two attached hydrogens (primary N) is 1. The molecular formula is C11H12Br2N4O2S. The molecule has 3 N–H and O–H groups in total. The van der Waals surface area contributed by atoms with Crippen molar-refractivity contribution in [2.24, 2.45) is 7.05 Å². The molecule has 0 fully saturated rings. The number of halogens is 2. The molecule has 1 heterocycles. The Bertz CT molecular complexity index is 748. The molecule has 0 aliphatic rings. The van der Waals surface area contributed by atoms with Gasteiger partial charge in [0.15, 0.2) is 0 Å². The number of sulfonamides is 1. The van der Waals surface area contributed by atoms with Crippen LogP contribution in [0.5, 0.6) is 0 Å². The summed E-state index contributed by atoms with van der Waals surface area (Å²) in [5.74, 6) is 0. The quantitative estimate of drug-likeness (QED) is 0.742. The maximum Gasteiger partial charge on any atom is 0.264 e. The van der Waals surface area contributed by atoms with Gasteiger partial charge >= 0.3 is 0 Å². The SMILES string of the molecule is Cc1nn(C)cc1NS(=O)(=O)c1c(Br)cc(N)cc1Br. The second kappa shape index (κ2) is 5.38. The van der Waals surface area contributed by atoms with Gasteiger partial charge in [0.05, 0.1) is 11.4 Å². The van der Waals surface area contributed by atoms with E-state index in [1.165, 1.54) is 12.1 Å². The highest BCUT2D eigenvalue weighted by Crippen LogP contribution is 2.33. The number of rotatable bonds is 3. The molecule has 1 aromatic heterocycles. The van der Waals surface area contributed by atoms with E-state index in [2.05, 4.69) is 41.7 Å². The molecule has 2 aromatic rings. The van der Waals surface area contributed by atoms with Gasteiger partial charge in [0, 0.05) is 27.9 Å². The van der Waals surface area contributed by atoms with Crippen molar-refractivity contribution < 1.29 is 8.42 Å². The zero-order valence-corrected chi connectivity index (χ0v) is 14.7. The summed E-state index contributed by atoms with van der Waals surface area (Å²) in [6, 6.07) is 3.07. The summed E-state index contributed by atoms with van der Waals surface area (Å²) in [6.07, 6.45) is 1.60. The van der Waals surface area contributed by atoms with Gasteiger partial charge in [-0.25, -0.2) is 8.42 Å². The normalized spacial score (nSPS) is 11.6. The average molecular weight is 424 g/mol. The molecule has 0 spiro atoms. The molecule has 0 unspecified atom stereocenters. The molecule has 6 nitrogen and oxygen atoms in total. The van der Waals surface area contributed by atoms with Crippen LogP contribution in [-0.2, 0) is 17.1 Å². The van der Waals surface area contributed by atoms with Gasteiger partial charge in [0.1, 0.15) is 4.90 Å². The highest BCUT2D eigenvalue weighted by molar-refractivity contribution is 9.11. The number of nitrogens with zero attached hydrogens (tertiary/aromatic N) is 2. The van der Waals surface area contributed by atoms with E-state index in [4.69, 9.17) is 5.73 Å². The molecule has 108 valence electrons. The van der Waals surface area contributed by atoms with Crippen molar-refractivity contribution in [3.63, 3.8) is 0 Å². The molecule has 2 rings (SSSR count). The van der Waals surface area contributed by atoms with Crippen molar-refractivity contribution in [3.8, 4) is 0 Å². The molecule has 0 aliphatic carbocycles. The maximum atomic E-state index is 12.5. The fraction of sp³-hybridized carbons (Fsp3) is 0.182.